The molecule has 0 aliphatic carbocycles. The first-order valence-electron chi connectivity index (χ1n) is 29.3. The van der Waals surface area contributed by atoms with Gasteiger partial charge in [-0.15, -0.1) is 0 Å². The Morgan fingerprint density at radius 3 is 0.909 bits per heavy atom. The maximum absolute atomic E-state index is 10.2. The fourth-order valence-electron chi connectivity index (χ4n) is 12.8. The fraction of sp³-hybridized carbons (Fsp3) is 0. The third-order valence-corrected chi connectivity index (χ3v) is 16.9. The van der Waals surface area contributed by atoms with Crippen LogP contribution in [-0.4, -0.2) is 34.1 Å². The van der Waals surface area contributed by atoms with E-state index in [9.17, 15) is 5.26 Å². The van der Waals surface area contributed by atoms with Crippen LogP contribution in [0.25, 0.3) is 156 Å². The van der Waals surface area contributed by atoms with Gasteiger partial charge in [0.1, 0.15) is 5.82 Å². The zero-order valence-electron chi connectivity index (χ0n) is 47.4. The van der Waals surface area contributed by atoms with Crippen LogP contribution < -0.4 is 0 Å². The second kappa shape index (κ2) is 21.8. The minimum absolute atomic E-state index is 0.570. The molecule has 0 fully saturated rings. The molecule has 7 heterocycles. The molecule has 0 aliphatic heterocycles. The van der Waals surface area contributed by atoms with E-state index in [0.717, 1.165) is 150 Å². The van der Waals surface area contributed by atoms with Gasteiger partial charge in [0.2, 0.25) is 0 Å². The van der Waals surface area contributed by atoms with Gasteiger partial charge >= 0.3 is 0 Å². The highest BCUT2D eigenvalue weighted by atomic mass is 15.1. The van der Waals surface area contributed by atoms with Crippen molar-refractivity contribution in [3.63, 3.8) is 0 Å². The molecular weight excluding hydrogens is 1070 g/mol. The maximum Gasteiger partial charge on any atom is 0.138 e. The standard InChI is InChI=1S/C80H50N8/c81-50-52-29-31-53(32-30-52)70-49-76(88-73-47-60(64-27-15-43-84-79(64)56-21-9-3-10-22-56)35-39-68(73)69-40-36-61(48-74(69)88)65-28-16-44-85-80(65)57-23-11-4-12-24-57)86-51-75(70)87-71-45-58(62-25-13-41-82-77(62)54-17-5-1-6-18-54)33-37-66(71)67-38-34-59(46-72(67)87)63-26-14-42-83-78(63)55-19-7-2-8-20-55/h1-49,51H. The van der Waals surface area contributed by atoms with Crippen LogP contribution in [0.3, 0.4) is 0 Å². The van der Waals surface area contributed by atoms with Gasteiger partial charge in [0.15, 0.2) is 0 Å². The van der Waals surface area contributed by atoms with E-state index in [2.05, 4.69) is 228 Å². The molecule has 0 bridgehead atoms. The monoisotopic (exact) mass is 1120 g/mol. The van der Waals surface area contributed by atoms with E-state index in [-0.39, 0.29) is 0 Å². The van der Waals surface area contributed by atoms with Crippen molar-refractivity contribution in [3.8, 4) is 118 Å². The van der Waals surface area contributed by atoms with E-state index in [0.29, 0.717) is 11.4 Å². The molecule has 0 atom stereocenters. The van der Waals surface area contributed by atoms with Crippen molar-refractivity contribution < 1.29 is 0 Å². The van der Waals surface area contributed by atoms with Gasteiger partial charge in [-0.3, -0.25) is 24.5 Å². The van der Waals surface area contributed by atoms with Crippen molar-refractivity contribution in [3.05, 3.63) is 310 Å². The zero-order valence-corrected chi connectivity index (χ0v) is 47.4. The van der Waals surface area contributed by atoms with Crippen molar-refractivity contribution in [1.82, 2.24) is 34.1 Å². The average Bonchev–Trinajstić information content (AvgIpc) is 1.84. The van der Waals surface area contributed by atoms with Crippen LogP contribution in [0.5, 0.6) is 0 Å². The molecule has 7 aromatic heterocycles. The molecule has 8 heteroatoms. The summed E-state index contributed by atoms with van der Waals surface area (Å²) in [4.78, 5) is 25.6. The number of nitrogens with zero attached hydrogens (tertiary/aromatic N) is 8. The van der Waals surface area contributed by atoms with Crippen LogP contribution in [-0.2, 0) is 0 Å². The summed E-state index contributed by atoms with van der Waals surface area (Å²) in [6.45, 7) is 0. The van der Waals surface area contributed by atoms with E-state index in [1.807, 2.05) is 91.6 Å². The van der Waals surface area contributed by atoms with Crippen LogP contribution in [0.1, 0.15) is 5.56 Å². The van der Waals surface area contributed by atoms with Crippen molar-refractivity contribution in [2.45, 2.75) is 0 Å². The highest BCUT2D eigenvalue weighted by molar-refractivity contribution is 6.14. The number of pyridine rings is 5. The lowest BCUT2D eigenvalue weighted by Gasteiger charge is -2.18. The Morgan fingerprint density at radius 2 is 0.580 bits per heavy atom. The number of rotatable bonds is 11. The van der Waals surface area contributed by atoms with Crippen LogP contribution in [0.4, 0.5) is 0 Å². The zero-order chi connectivity index (χ0) is 58.5. The molecular formula is C80H50N8. The number of fused-ring (bicyclic) bond motifs is 6. The summed E-state index contributed by atoms with van der Waals surface area (Å²) >= 11 is 0. The predicted octanol–water partition coefficient (Wildman–Crippen LogP) is 19.7. The Hall–Kier alpha value is -12.2. The van der Waals surface area contributed by atoms with Gasteiger partial charge in [-0.2, -0.15) is 5.26 Å². The SMILES string of the molecule is N#Cc1ccc(-c2cc(-n3c4cc(-c5cccnc5-c5ccccc5)ccc4c4ccc(-c5cccnc5-c5ccccc5)cc43)ncc2-n2c3cc(-c4cccnc4-c4ccccc4)ccc3c3ccc(-c4cccnc4-c4ccccc4)cc32)cc1. The third kappa shape index (κ3) is 8.98. The Morgan fingerprint density at radius 1 is 0.261 bits per heavy atom. The third-order valence-electron chi connectivity index (χ3n) is 16.9. The smallest absolute Gasteiger partial charge is 0.138 e. The van der Waals surface area contributed by atoms with Gasteiger partial charge in [0.05, 0.1) is 68.4 Å². The average molecular weight is 1120 g/mol. The second-order valence-electron chi connectivity index (χ2n) is 21.9. The molecule has 0 saturated carbocycles. The highest BCUT2D eigenvalue weighted by Crippen LogP contribution is 2.45. The lowest BCUT2D eigenvalue weighted by Crippen LogP contribution is -2.04. The fourth-order valence-corrected chi connectivity index (χ4v) is 12.8. The quantitative estimate of drug-likeness (QED) is 0.128. The first kappa shape index (κ1) is 51.5. The first-order chi connectivity index (χ1) is 43.6. The number of hydrogen-bond donors (Lipinski definition) is 0. The summed E-state index contributed by atoms with van der Waals surface area (Å²) < 4.78 is 4.69. The number of aromatic nitrogens is 7. The number of nitriles is 1. The van der Waals surface area contributed by atoms with Crippen LogP contribution in [0.15, 0.2) is 304 Å². The molecule has 0 saturated heterocycles. The number of benzene rings is 9. The van der Waals surface area contributed by atoms with Crippen LogP contribution in [0, 0.1) is 11.3 Å². The van der Waals surface area contributed by atoms with Gasteiger partial charge in [0.25, 0.3) is 0 Å². The molecule has 0 N–H and O–H groups in total. The largest absolute Gasteiger partial charge is 0.307 e. The van der Waals surface area contributed by atoms with Gasteiger partial charge in [-0.1, -0.05) is 206 Å². The molecule has 0 unspecified atom stereocenters. The Kier molecular flexibility index (Phi) is 12.7. The van der Waals surface area contributed by atoms with Crippen LogP contribution in [0.2, 0.25) is 0 Å². The number of hydrogen-bond acceptors (Lipinski definition) is 6. The molecule has 88 heavy (non-hydrogen) atoms. The van der Waals surface area contributed by atoms with Gasteiger partial charge < -0.3 is 4.57 Å². The summed E-state index contributed by atoms with van der Waals surface area (Å²) in [7, 11) is 0. The van der Waals surface area contributed by atoms with Crippen molar-refractivity contribution in [2.75, 3.05) is 0 Å². The normalized spacial score (nSPS) is 11.4. The van der Waals surface area contributed by atoms with E-state index in [1.54, 1.807) is 0 Å². The minimum Gasteiger partial charge on any atom is -0.307 e. The van der Waals surface area contributed by atoms with Gasteiger partial charge in [0, 0.05) is 96.4 Å². The van der Waals surface area contributed by atoms with Crippen molar-refractivity contribution >= 4 is 43.6 Å². The van der Waals surface area contributed by atoms with Gasteiger partial charge in [-0.25, -0.2) is 4.98 Å². The van der Waals surface area contributed by atoms with Crippen molar-refractivity contribution in [1.29, 1.82) is 5.26 Å². The maximum atomic E-state index is 10.2. The van der Waals surface area contributed by atoms with Crippen molar-refractivity contribution in [2.24, 2.45) is 0 Å². The molecule has 0 spiro atoms. The van der Waals surface area contributed by atoms with E-state index >= 15 is 0 Å². The van der Waals surface area contributed by atoms with E-state index in [4.69, 9.17) is 24.9 Å². The summed E-state index contributed by atoms with van der Waals surface area (Å²) in [5, 5.41) is 14.5. The molecule has 16 aromatic rings. The summed E-state index contributed by atoms with van der Waals surface area (Å²) in [6.07, 6.45) is 9.49. The topological polar surface area (TPSA) is 98.1 Å². The van der Waals surface area contributed by atoms with E-state index < -0.39 is 0 Å². The molecule has 8 nitrogen and oxygen atoms in total. The minimum atomic E-state index is 0.570. The summed E-state index contributed by atoms with van der Waals surface area (Å²) in [5.74, 6) is 0.717. The summed E-state index contributed by atoms with van der Waals surface area (Å²) in [6, 6.07) is 97.7. The summed E-state index contributed by atoms with van der Waals surface area (Å²) in [5.41, 5.74) is 23.2. The molecule has 0 aliphatic rings. The lowest BCUT2D eigenvalue weighted by atomic mass is 9.97. The Labute approximate surface area is 507 Å². The molecule has 9 aromatic carbocycles. The first-order valence-corrected chi connectivity index (χ1v) is 29.3. The predicted molar refractivity (Wildman–Crippen MR) is 358 cm³/mol. The molecule has 0 radical (unpaired) electrons. The lowest BCUT2D eigenvalue weighted by molar-refractivity contribution is 1.06. The Balaban J connectivity index is 0.978. The molecule has 410 valence electrons. The van der Waals surface area contributed by atoms with E-state index in [1.165, 1.54) is 0 Å². The molecule has 16 rings (SSSR count). The highest BCUT2D eigenvalue weighted by Gasteiger charge is 2.24. The van der Waals surface area contributed by atoms with Gasteiger partial charge in [-0.05, 0) is 94.5 Å². The molecule has 0 amide bonds. The second-order valence-corrected chi connectivity index (χ2v) is 21.9. The Bertz CT molecular complexity index is 5100. The van der Waals surface area contributed by atoms with Crippen LogP contribution >= 0.6 is 0 Å².